The lowest BCUT2D eigenvalue weighted by Crippen LogP contribution is -1.82. The Hall–Kier alpha value is -1.57. The van der Waals surface area contributed by atoms with Crippen LogP contribution < -0.4 is 4.94 Å². The second-order valence-electron chi connectivity index (χ2n) is 3.04. The van der Waals surface area contributed by atoms with Gasteiger partial charge >= 0.3 is 0 Å². The highest BCUT2D eigenvalue weighted by Crippen LogP contribution is 2.25. The van der Waals surface area contributed by atoms with Crippen LogP contribution in [0.4, 0.5) is 4.53 Å². The van der Waals surface area contributed by atoms with Gasteiger partial charge in [-0.3, -0.25) is 4.94 Å². The molecule has 0 saturated carbocycles. The van der Waals surface area contributed by atoms with Gasteiger partial charge < -0.3 is 0 Å². The SMILES string of the molecule is Cc1cc2ccccc2cc1OF. The molecule has 0 aliphatic heterocycles. The fourth-order valence-electron chi connectivity index (χ4n) is 1.42. The van der Waals surface area contributed by atoms with Crippen LogP contribution in [0.15, 0.2) is 36.4 Å². The standard InChI is InChI=1S/C11H9FO/c1-8-6-9-4-2-3-5-10(9)7-11(8)13-12/h2-7H,1H3. The van der Waals surface area contributed by atoms with E-state index >= 15 is 0 Å². The van der Waals surface area contributed by atoms with Crippen molar-refractivity contribution in [3.8, 4) is 5.75 Å². The minimum absolute atomic E-state index is 0.290. The van der Waals surface area contributed by atoms with Crippen LogP contribution in [0.5, 0.6) is 5.75 Å². The van der Waals surface area contributed by atoms with Crippen LogP contribution in [0.3, 0.4) is 0 Å². The molecule has 0 unspecified atom stereocenters. The summed E-state index contributed by atoms with van der Waals surface area (Å²) in [6.07, 6.45) is 0. The molecule has 2 rings (SSSR count). The van der Waals surface area contributed by atoms with Crippen LogP contribution in [0.2, 0.25) is 0 Å². The van der Waals surface area contributed by atoms with Gasteiger partial charge in [-0.15, -0.1) is 0 Å². The Bertz CT molecular complexity index is 437. The van der Waals surface area contributed by atoms with E-state index in [2.05, 4.69) is 4.94 Å². The van der Waals surface area contributed by atoms with E-state index < -0.39 is 0 Å². The van der Waals surface area contributed by atoms with E-state index in [9.17, 15) is 4.53 Å². The second kappa shape index (κ2) is 3.05. The minimum Gasteiger partial charge on any atom is -0.294 e. The highest BCUT2D eigenvalue weighted by atomic mass is 19.3. The molecule has 0 aliphatic rings. The molecule has 0 saturated heterocycles. The molecule has 0 amide bonds. The molecule has 0 aliphatic carbocycles. The van der Waals surface area contributed by atoms with Gasteiger partial charge in [0.1, 0.15) is 0 Å². The first kappa shape index (κ1) is 8.05. The average molecular weight is 176 g/mol. The van der Waals surface area contributed by atoms with Gasteiger partial charge in [0.25, 0.3) is 0 Å². The lowest BCUT2D eigenvalue weighted by molar-refractivity contribution is -0.00683. The van der Waals surface area contributed by atoms with Crippen molar-refractivity contribution < 1.29 is 9.47 Å². The van der Waals surface area contributed by atoms with Crippen LogP contribution >= 0.6 is 0 Å². The fraction of sp³-hybridized carbons (Fsp3) is 0.0909. The molecule has 2 aromatic carbocycles. The van der Waals surface area contributed by atoms with Crippen molar-refractivity contribution in [2.24, 2.45) is 0 Å². The van der Waals surface area contributed by atoms with Crippen molar-refractivity contribution in [2.45, 2.75) is 6.92 Å². The van der Waals surface area contributed by atoms with Gasteiger partial charge in [-0.25, -0.2) is 0 Å². The summed E-state index contributed by atoms with van der Waals surface area (Å²) in [6.45, 7) is 1.82. The maximum Gasteiger partial charge on any atom is 0.175 e. The summed E-state index contributed by atoms with van der Waals surface area (Å²) in [4.78, 5) is 3.75. The van der Waals surface area contributed by atoms with Crippen molar-refractivity contribution in [1.82, 2.24) is 0 Å². The quantitative estimate of drug-likeness (QED) is 0.647. The smallest absolute Gasteiger partial charge is 0.175 e. The number of rotatable bonds is 1. The zero-order valence-corrected chi connectivity index (χ0v) is 7.25. The first-order valence-electron chi connectivity index (χ1n) is 4.09. The Morgan fingerprint density at radius 2 is 1.69 bits per heavy atom. The third-order valence-electron chi connectivity index (χ3n) is 2.13. The lowest BCUT2D eigenvalue weighted by Gasteiger charge is -2.02. The van der Waals surface area contributed by atoms with E-state index in [1.807, 2.05) is 37.3 Å². The van der Waals surface area contributed by atoms with Crippen LogP contribution in [-0.2, 0) is 0 Å². The van der Waals surface area contributed by atoms with Crippen molar-refractivity contribution in [3.63, 3.8) is 0 Å². The normalized spacial score (nSPS) is 10.3. The van der Waals surface area contributed by atoms with Gasteiger partial charge in [-0.1, -0.05) is 24.3 Å². The number of hydrogen-bond donors (Lipinski definition) is 0. The number of fused-ring (bicyclic) bond motifs is 1. The summed E-state index contributed by atoms with van der Waals surface area (Å²) in [5, 5.41) is 2.08. The van der Waals surface area contributed by atoms with Crippen molar-refractivity contribution >= 4 is 10.8 Å². The van der Waals surface area contributed by atoms with Crippen molar-refractivity contribution in [3.05, 3.63) is 42.0 Å². The van der Waals surface area contributed by atoms with Crippen LogP contribution in [-0.4, -0.2) is 0 Å². The summed E-state index contributed by atoms with van der Waals surface area (Å²) in [5.41, 5.74) is 0.807. The molecule has 0 fully saturated rings. The molecule has 1 nitrogen and oxygen atoms in total. The molecule has 0 bridgehead atoms. The molecular formula is C11H9FO. The van der Waals surface area contributed by atoms with E-state index in [0.717, 1.165) is 16.3 Å². The Balaban J connectivity index is 2.74. The molecule has 0 atom stereocenters. The third-order valence-corrected chi connectivity index (χ3v) is 2.13. The number of benzene rings is 2. The van der Waals surface area contributed by atoms with Gasteiger partial charge in [0, 0.05) is 4.53 Å². The highest BCUT2D eigenvalue weighted by molar-refractivity contribution is 5.84. The molecule has 0 heterocycles. The zero-order valence-electron chi connectivity index (χ0n) is 7.25. The number of halogens is 1. The largest absolute Gasteiger partial charge is 0.294 e. The molecule has 0 aromatic heterocycles. The van der Waals surface area contributed by atoms with Crippen LogP contribution in [0.25, 0.3) is 10.8 Å². The first-order valence-corrected chi connectivity index (χ1v) is 4.09. The molecule has 0 radical (unpaired) electrons. The lowest BCUT2D eigenvalue weighted by atomic mass is 10.1. The Labute approximate surface area is 75.7 Å². The monoisotopic (exact) mass is 176 g/mol. The van der Waals surface area contributed by atoms with Crippen LogP contribution in [0.1, 0.15) is 5.56 Å². The Morgan fingerprint density at radius 1 is 1.08 bits per heavy atom. The van der Waals surface area contributed by atoms with Crippen LogP contribution in [0, 0.1) is 6.92 Å². The van der Waals surface area contributed by atoms with Gasteiger partial charge in [0.05, 0.1) is 0 Å². The summed E-state index contributed by atoms with van der Waals surface area (Å²) in [7, 11) is 0. The highest BCUT2D eigenvalue weighted by Gasteiger charge is 2.01. The third kappa shape index (κ3) is 1.35. The van der Waals surface area contributed by atoms with Gasteiger partial charge in [0.2, 0.25) is 0 Å². The number of aryl methyl sites for hydroxylation is 1. The Morgan fingerprint density at radius 3 is 2.31 bits per heavy atom. The molecule has 66 valence electrons. The van der Waals surface area contributed by atoms with Gasteiger partial charge in [0.15, 0.2) is 5.75 Å². The number of hydrogen-bond acceptors (Lipinski definition) is 1. The van der Waals surface area contributed by atoms with E-state index in [0.29, 0.717) is 5.75 Å². The minimum atomic E-state index is 0.290. The van der Waals surface area contributed by atoms with Gasteiger partial charge in [-0.2, -0.15) is 0 Å². The maximum atomic E-state index is 12.0. The first-order chi connectivity index (χ1) is 6.31. The maximum absolute atomic E-state index is 12.0. The summed E-state index contributed by atoms with van der Waals surface area (Å²) < 4.78 is 12.0. The molecule has 0 N–H and O–H groups in total. The van der Waals surface area contributed by atoms with E-state index in [1.165, 1.54) is 0 Å². The molecule has 2 aromatic rings. The van der Waals surface area contributed by atoms with Crippen molar-refractivity contribution in [2.75, 3.05) is 0 Å². The topological polar surface area (TPSA) is 9.23 Å². The predicted octanol–water partition coefficient (Wildman–Crippen LogP) is 3.41. The summed E-state index contributed by atoms with van der Waals surface area (Å²) in [6, 6.07) is 11.4. The predicted molar refractivity (Wildman–Crippen MR) is 50.4 cm³/mol. The van der Waals surface area contributed by atoms with Crippen molar-refractivity contribution in [1.29, 1.82) is 0 Å². The Kier molecular flexibility index (Phi) is 1.89. The fourth-order valence-corrected chi connectivity index (χ4v) is 1.42. The second-order valence-corrected chi connectivity index (χ2v) is 3.04. The average Bonchev–Trinajstić information content (AvgIpc) is 2.17. The summed E-state index contributed by atoms with van der Waals surface area (Å²) in [5.74, 6) is 0.290. The molecule has 0 spiro atoms. The molecule has 13 heavy (non-hydrogen) atoms. The molecular weight excluding hydrogens is 167 g/mol. The van der Waals surface area contributed by atoms with E-state index in [-0.39, 0.29) is 0 Å². The summed E-state index contributed by atoms with van der Waals surface area (Å²) >= 11 is 0. The van der Waals surface area contributed by atoms with Gasteiger partial charge in [-0.05, 0) is 35.4 Å². The molecule has 2 heteroatoms. The zero-order chi connectivity index (χ0) is 9.26. The van der Waals surface area contributed by atoms with E-state index in [1.54, 1.807) is 6.07 Å². The van der Waals surface area contributed by atoms with E-state index in [4.69, 9.17) is 0 Å².